The van der Waals surface area contributed by atoms with Crippen LogP contribution in [0.15, 0.2) is 24.3 Å². The number of fused-ring (bicyclic) bond motifs is 1. The lowest BCUT2D eigenvalue weighted by molar-refractivity contribution is -0.204. The Hall–Kier alpha value is -1.68. The van der Waals surface area contributed by atoms with Crippen molar-refractivity contribution in [1.29, 1.82) is 0 Å². The average Bonchev–Trinajstić information content (AvgIpc) is 2.56. The van der Waals surface area contributed by atoms with Gasteiger partial charge < -0.3 is 15.6 Å². The van der Waals surface area contributed by atoms with Gasteiger partial charge in [0.05, 0.1) is 6.61 Å². The number of nitrogen functional groups attached to an aromatic ring is 1. The largest absolute Gasteiger partial charge is 0.399 e. The maximum atomic E-state index is 5.65. The van der Waals surface area contributed by atoms with Gasteiger partial charge in [-0.25, -0.2) is 0 Å². The summed E-state index contributed by atoms with van der Waals surface area (Å²) in [7, 11) is 0. The number of rotatable bonds is 3. The van der Waals surface area contributed by atoms with E-state index >= 15 is 0 Å². The van der Waals surface area contributed by atoms with Crippen LogP contribution in [0.3, 0.4) is 0 Å². The smallest absolute Gasteiger partial charge is 0.235 e. The summed E-state index contributed by atoms with van der Waals surface area (Å²) in [5.74, 6) is 0.590. The van der Waals surface area contributed by atoms with Crippen LogP contribution in [0.4, 0.5) is 5.69 Å². The van der Waals surface area contributed by atoms with Gasteiger partial charge in [-0.1, -0.05) is 0 Å². The molecule has 0 saturated heterocycles. The molecule has 4 heteroatoms. The minimum absolute atomic E-state index is 0.511. The molecule has 0 unspecified atom stereocenters. The Morgan fingerprint density at radius 2 is 2.21 bits per heavy atom. The van der Waals surface area contributed by atoms with E-state index in [-0.39, 0.29) is 0 Å². The van der Waals surface area contributed by atoms with Crippen molar-refractivity contribution in [2.24, 2.45) is 0 Å². The van der Waals surface area contributed by atoms with Gasteiger partial charge in [-0.3, -0.25) is 0 Å². The predicted octanol–water partition coefficient (Wildman–Crippen LogP) is 2.08. The lowest BCUT2D eigenvalue weighted by Gasteiger charge is -1.97. The molecule has 0 fully saturated rings. The Labute approximate surface area is 81.5 Å². The van der Waals surface area contributed by atoms with E-state index in [1.807, 2.05) is 31.2 Å². The average molecular weight is 192 g/mol. The fourth-order valence-electron chi connectivity index (χ4n) is 1.29. The highest BCUT2D eigenvalue weighted by atomic mass is 17.2. The molecule has 0 atom stereocenters. The normalized spacial score (nSPS) is 10.6. The highest BCUT2D eigenvalue weighted by Crippen LogP contribution is 2.22. The van der Waals surface area contributed by atoms with Crippen molar-refractivity contribution < 1.29 is 9.78 Å². The second-order valence-corrected chi connectivity index (χ2v) is 2.97. The van der Waals surface area contributed by atoms with E-state index in [1.54, 1.807) is 0 Å². The molecule has 1 aromatic heterocycles. The zero-order valence-corrected chi connectivity index (χ0v) is 7.91. The highest BCUT2D eigenvalue weighted by Gasteiger charge is 2.01. The fourth-order valence-corrected chi connectivity index (χ4v) is 1.29. The van der Waals surface area contributed by atoms with Gasteiger partial charge in [0.2, 0.25) is 5.88 Å². The second kappa shape index (κ2) is 3.59. The maximum absolute atomic E-state index is 5.65. The van der Waals surface area contributed by atoms with Crippen LogP contribution in [0.25, 0.3) is 10.9 Å². The summed E-state index contributed by atoms with van der Waals surface area (Å²) in [6.07, 6.45) is 0. The first kappa shape index (κ1) is 8.90. The third-order valence-corrected chi connectivity index (χ3v) is 1.89. The lowest BCUT2D eigenvalue weighted by atomic mass is 10.2. The van der Waals surface area contributed by atoms with E-state index in [0.717, 1.165) is 16.6 Å². The summed E-state index contributed by atoms with van der Waals surface area (Å²) in [5, 5.41) is 1.01. The first-order valence-electron chi connectivity index (χ1n) is 4.47. The van der Waals surface area contributed by atoms with E-state index in [4.69, 9.17) is 15.5 Å². The zero-order chi connectivity index (χ0) is 9.97. The molecule has 0 aliphatic heterocycles. The van der Waals surface area contributed by atoms with Gasteiger partial charge in [0.15, 0.2) is 0 Å². The Bertz CT molecular complexity index is 437. The number of aromatic amines is 1. The van der Waals surface area contributed by atoms with E-state index in [2.05, 4.69) is 4.98 Å². The van der Waals surface area contributed by atoms with E-state index in [0.29, 0.717) is 12.5 Å². The summed E-state index contributed by atoms with van der Waals surface area (Å²) >= 11 is 0. The van der Waals surface area contributed by atoms with Crippen molar-refractivity contribution in [2.75, 3.05) is 12.3 Å². The number of H-pyrrole nitrogens is 1. The molecule has 0 bridgehead atoms. The Balaban J connectivity index is 2.32. The van der Waals surface area contributed by atoms with Crippen LogP contribution < -0.4 is 10.6 Å². The van der Waals surface area contributed by atoms with Crippen molar-refractivity contribution in [3.8, 4) is 5.88 Å². The molecule has 2 rings (SSSR count). The molecule has 74 valence electrons. The minimum Gasteiger partial charge on any atom is -0.399 e. The van der Waals surface area contributed by atoms with Gasteiger partial charge >= 0.3 is 0 Å². The molecule has 0 amide bonds. The number of benzene rings is 1. The van der Waals surface area contributed by atoms with Crippen LogP contribution >= 0.6 is 0 Å². The second-order valence-electron chi connectivity index (χ2n) is 2.97. The molecule has 0 spiro atoms. The zero-order valence-electron chi connectivity index (χ0n) is 7.91. The minimum atomic E-state index is 0.511. The Morgan fingerprint density at radius 1 is 1.36 bits per heavy atom. The van der Waals surface area contributed by atoms with Gasteiger partial charge in [0.1, 0.15) is 0 Å². The van der Waals surface area contributed by atoms with Crippen LogP contribution in [-0.2, 0) is 4.89 Å². The van der Waals surface area contributed by atoms with Crippen LogP contribution in [0.5, 0.6) is 5.88 Å². The van der Waals surface area contributed by atoms with Crippen molar-refractivity contribution in [3.05, 3.63) is 24.3 Å². The fraction of sp³-hybridized carbons (Fsp3) is 0.200. The molecule has 0 aliphatic carbocycles. The van der Waals surface area contributed by atoms with Crippen molar-refractivity contribution in [1.82, 2.24) is 4.98 Å². The van der Waals surface area contributed by atoms with Crippen LogP contribution in [-0.4, -0.2) is 11.6 Å². The number of hydrogen-bond acceptors (Lipinski definition) is 3. The van der Waals surface area contributed by atoms with E-state index in [1.165, 1.54) is 0 Å². The summed E-state index contributed by atoms with van der Waals surface area (Å²) < 4.78 is 0. The molecule has 0 aliphatic rings. The summed E-state index contributed by atoms with van der Waals surface area (Å²) in [6.45, 7) is 2.37. The van der Waals surface area contributed by atoms with E-state index in [9.17, 15) is 0 Å². The first-order valence-corrected chi connectivity index (χ1v) is 4.47. The number of anilines is 1. The predicted molar refractivity (Wildman–Crippen MR) is 55.0 cm³/mol. The van der Waals surface area contributed by atoms with Crippen molar-refractivity contribution in [2.45, 2.75) is 6.92 Å². The number of nitrogens with one attached hydrogen (secondary N) is 1. The molecule has 4 nitrogen and oxygen atoms in total. The third kappa shape index (κ3) is 1.65. The van der Waals surface area contributed by atoms with Crippen LogP contribution in [0, 0.1) is 0 Å². The van der Waals surface area contributed by atoms with Crippen molar-refractivity contribution in [3.63, 3.8) is 0 Å². The number of hydrogen-bond donors (Lipinski definition) is 2. The molecule has 14 heavy (non-hydrogen) atoms. The van der Waals surface area contributed by atoms with Gasteiger partial charge in [0.25, 0.3) is 0 Å². The summed E-state index contributed by atoms with van der Waals surface area (Å²) in [6, 6.07) is 7.47. The van der Waals surface area contributed by atoms with E-state index < -0.39 is 0 Å². The topological polar surface area (TPSA) is 60.3 Å². The van der Waals surface area contributed by atoms with Gasteiger partial charge in [-0.05, 0) is 25.1 Å². The van der Waals surface area contributed by atoms with Gasteiger partial charge in [0, 0.05) is 22.7 Å². The molecular weight excluding hydrogens is 180 g/mol. The SMILES string of the molecule is CCOOc1cc2cc(N)ccc2[nH]1. The van der Waals surface area contributed by atoms with Crippen LogP contribution in [0.1, 0.15) is 6.92 Å². The Kier molecular flexibility index (Phi) is 2.28. The van der Waals surface area contributed by atoms with Gasteiger partial charge in [-0.15, -0.1) is 0 Å². The molecule has 3 N–H and O–H groups in total. The number of aromatic nitrogens is 1. The van der Waals surface area contributed by atoms with Gasteiger partial charge in [-0.2, -0.15) is 4.89 Å². The molecule has 0 saturated carbocycles. The molecule has 0 radical (unpaired) electrons. The maximum Gasteiger partial charge on any atom is 0.235 e. The first-order chi connectivity index (χ1) is 6.79. The lowest BCUT2D eigenvalue weighted by Crippen LogP contribution is -1.95. The monoisotopic (exact) mass is 192 g/mol. The van der Waals surface area contributed by atoms with Crippen LogP contribution in [0.2, 0.25) is 0 Å². The standard InChI is InChI=1S/C10H12N2O2/c1-2-13-14-10-6-7-5-8(11)3-4-9(7)12-10/h3-6,12H,2,11H2,1H3. The summed E-state index contributed by atoms with van der Waals surface area (Å²) in [5.41, 5.74) is 7.36. The molecule has 1 aromatic carbocycles. The molecule has 2 aromatic rings. The number of nitrogens with two attached hydrogens (primary N) is 1. The molecular formula is C10H12N2O2. The van der Waals surface area contributed by atoms with Crippen molar-refractivity contribution >= 4 is 16.6 Å². The quantitative estimate of drug-likeness (QED) is 0.444. The molecule has 1 heterocycles. The third-order valence-electron chi connectivity index (χ3n) is 1.89. The Morgan fingerprint density at radius 3 is 3.00 bits per heavy atom. The highest BCUT2D eigenvalue weighted by molar-refractivity contribution is 5.84. The summed E-state index contributed by atoms with van der Waals surface area (Å²) in [4.78, 5) is 12.9.